The number of piperazine rings is 1. The van der Waals surface area contributed by atoms with Crippen molar-refractivity contribution < 1.29 is 18.0 Å². The second-order valence-electron chi connectivity index (χ2n) is 10.0. The highest BCUT2D eigenvalue weighted by Crippen LogP contribution is 2.34. The fourth-order valence-corrected chi connectivity index (χ4v) is 4.67. The first kappa shape index (κ1) is 27.4. The quantitative estimate of drug-likeness (QED) is 0.374. The van der Waals surface area contributed by atoms with Crippen molar-refractivity contribution in [1.29, 1.82) is 0 Å². The number of aryl methyl sites for hydroxylation is 2. The maximum absolute atomic E-state index is 14.0. The lowest BCUT2D eigenvalue weighted by molar-refractivity contribution is -0.138. The Balaban J connectivity index is 1.36. The average Bonchev–Trinajstić information content (AvgIpc) is 3.24. The van der Waals surface area contributed by atoms with E-state index in [1.165, 1.54) is 12.1 Å². The Morgan fingerprint density at radius 3 is 2.55 bits per heavy atom. The van der Waals surface area contributed by atoms with Crippen LogP contribution in [0.5, 0.6) is 0 Å². The van der Waals surface area contributed by atoms with Crippen LogP contribution in [-0.4, -0.2) is 63.5 Å². The molecule has 1 fully saturated rings. The van der Waals surface area contributed by atoms with Crippen molar-refractivity contribution in [2.24, 2.45) is 0 Å². The van der Waals surface area contributed by atoms with Crippen LogP contribution < -0.4 is 5.32 Å². The molecule has 0 bridgehead atoms. The molecule has 3 heterocycles. The molecule has 40 heavy (non-hydrogen) atoms. The number of rotatable bonds is 4. The van der Waals surface area contributed by atoms with Gasteiger partial charge in [-0.15, -0.1) is 0 Å². The summed E-state index contributed by atoms with van der Waals surface area (Å²) in [5.41, 5.74) is 3.36. The van der Waals surface area contributed by atoms with Crippen LogP contribution in [0.1, 0.15) is 44.0 Å². The van der Waals surface area contributed by atoms with Gasteiger partial charge in [0.15, 0.2) is 5.65 Å². The first-order valence-electron chi connectivity index (χ1n) is 12.9. The topological polar surface area (TPSA) is 65.8 Å². The number of nitrogens with zero attached hydrogens (tertiary/aromatic N) is 5. The Bertz CT molecular complexity index is 1620. The molecule has 1 N–H and O–H groups in total. The predicted molar refractivity (Wildman–Crippen MR) is 147 cm³/mol. The number of halogens is 3. The van der Waals surface area contributed by atoms with Gasteiger partial charge in [-0.3, -0.25) is 9.69 Å². The number of likely N-dealkylation sites (N-methyl/N-ethyl adjacent to an activating group) is 1. The van der Waals surface area contributed by atoms with Gasteiger partial charge in [-0.2, -0.15) is 18.3 Å². The number of alkyl halides is 3. The third kappa shape index (κ3) is 6.01. The van der Waals surface area contributed by atoms with Crippen molar-refractivity contribution >= 4 is 17.2 Å². The molecule has 4 aromatic rings. The largest absolute Gasteiger partial charge is 0.416 e. The summed E-state index contributed by atoms with van der Waals surface area (Å²) in [6, 6.07) is 12.6. The number of aromatic nitrogens is 3. The summed E-state index contributed by atoms with van der Waals surface area (Å²) in [6.45, 7) is 6.97. The van der Waals surface area contributed by atoms with Gasteiger partial charge < -0.3 is 10.2 Å². The minimum absolute atomic E-state index is 0.0834. The van der Waals surface area contributed by atoms with E-state index < -0.39 is 17.6 Å². The molecule has 1 saturated heterocycles. The second-order valence-corrected chi connectivity index (χ2v) is 10.0. The first-order valence-corrected chi connectivity index (χ1v) is 12.9. The Labute approximate surface area is 230 Å². The molecular weight excluding hydrogens is 517 g/mol. The van der Waals surface area contributed by atoms with E-state index >= 15 is 0 Å². The molecule has 5 rings (SSSR count). The van der Waals surface area contributed by atoms with Crippen LogP contribution in [0.25, 0.3) is 5.65 Å². The van der Waals surface area contributed by atoms with Gasteiger partial charge in [0.25, 0.3) is 5.91 Å². The molecule has 1 aliphatic rings. The van der Waals surface area contributed by atoms with Crippen LogP contribution in [-0.2, 0) is 12.7 Å². The van der Waals surface area contributed by atoms with Crippen LogP contribution in [0.2, 0.25) is 0 Å². The highest BCUT2D eigenvalue weighted by atomic mass is 19.4. The Hall–Kier alpha value is -4.20. The smallest absolute Gasteiger partial charge is 0.322 e. The lowest BCUT2D eigenvalue weighted by atomic mass is 10.0. The molecule has 0 spiro atoms. The highest BCUT2D eigenvalue weighted by molar-refractivity contribution is 6.04. The van der Waals surface area contributed by atoms with Gasteiger partial charge in [-0.25, -0.2) is 9.50 Å². The summed E-state index contributed by atoms with van der Waals surface area (Å²) in [5.74, 6) is 5.68. The summed E-state index contributed by atoms with van der Waals surface area (Å²) in [6.07, 6.45) is -2.89. The van der Waals surface area contributed by atoms with Gasteiger partial charge in [0, 0.05) is 55.7 Å². The molecule has 2 aromatic heterocycles. The summed E-state index contributed by atoms with van der Waals surface area (Å²) in [5, 5.41) is 6.92. The van der Waals surface area contributed by atoms with E-state index in [1.54, 1.807) is 35.0 Å². The van der Waals surface area contributed by atoms with Gasteiger partial charge in [-0.1, -0.05) is 18.1 Å². The maximum Gasteiger partial charge on any atom is 0.416 e. The third-order valence-corrected chi connectivity index (χ3v) is 7.05. The Morgan fingerprint density at radius 1 is 1.02 bits per heavy atom. The number of carbonyl (C=O) groups is 1. The third-order valence-electron chi connectivity index (χ3n) is 7.05. The second kappa shape index (κ2) is 11.1. The lowest BCUT2D eigenvalue weighted by Crippen LogP contribution is -2.44. The van der Waals surface area contributed by atoms with Crippen molar-refractivity contribution in [3.8, 4) is 11.8 Å². The molecule has 1 amide bonds. The van der Waals surface area contributed by atoms with E-state index in [0.29, 0.717) is 30.0 Å². The zero-order valence-corrected chi connectivity index (χ0v) is 22.5. The number of anilines is 1. The Kier molecular flexibility index (Phi) is 7.61. The molecule has 0 aliphatic carbocycles. The van der Waals surface area contributed by atoms with Crippen LogP contribution in [0, 0.1) is 25.7 Å². The summed E-state index contributed by atoms with van der Waals surface area (Å²) < 4.78 is 43.5. The number of nitrogens with one attached hydrogen (secondary N) is 1. The van der Waals surface area contributed by atoms with Crippen LogP contribution >= 0.6 is 0 Å². The molecule has 206 valence electrons. The van der Waals surface area contributed by atoms with Gasteiger partial charge in [0.2, 0.25) is 0 Å². The molecule has 10 heteroatoms. The van der Waals surface area contributed by atoms with E-state index in [1.807, 2.05) is 31.9 Å². The number of imidazole rings is 1. The minimum atomic E-state index is -4.54. The van der Waals surface area contributed by atoms with E-state index in [2.05, 4.69) is 32.1 Å². The number of carbonyl (C=O) groups excluding carboxylic acids is 1. The maximum atomic E-state index is 14.0. The van der Waals surface area contributed by atoms with Gasteiger partial charge in [0.05, 0.1) is 11.3 Å². The number of amides is 1. The van der Waals surface area contributed by atoms with Gasteiger partial charge >= 0.3 is 6.18 Å². The molecule has 0 radical (unpaired) electrons. The van der Waals surface area contributed by atoms with Crippen molar-refractivity contribution in [3.63, 3.8) is 0 Å². The first-order chi connectivity index (χ1) is 19.1. The molecule has 0 saturated carbocycles. The van der Waals surface area contributed by atoms with Crippen molar-refractivity contribution in [2.45, 2.75) is 26.6 Å². The normalized spacial score (nSPS) is 14.7. The zero-order chi connectivity index (χ0) is 28.4. The standard InChI is InChI=1S/C30H29F3N6O/c1-20-6-7-23(17-22(20)9-11-27-21(2)35-28-5-4-12-34-39(27)28)29(40)36-25-10-8-24(26(18-25)30(31,32)33)19-38-15-13-37(3)14-16-38/h4-8,10,12,17-18H,13-16,19H2,1-3H3,(H,36,40). The zero-order valence-electron chi connectivity index (χ0n) is 22.5. The number of fused-ring (bicyclic) bond motifs is 1. The highest BCUT2D eigenvalue weighted by Gasteiger charge is 2.34. The van der Waals surface area contributed by atoms with E-state index in [0.717, 1.165) is 30.4 Å². The summed E-state index contributed by atoms with van der Waals surface area (Å²) >= 11 is 0. The fraction of sp³-hybridized carbons (Fsp3) is 0.300. The molecule has 0 unspecified atom stereocenters. The van der Waals surface area contributed by atoms with E-state index in [4.69, 9.17) is 0 Å². The van der Waals surface area contributed by atoms with E-state index in [9.17, 15) is 18.0 Å². The lowest BCUT2D eigenvalue weighted by Gasteiger charge is -2.33. The van der Waals surface area contributed by atoms with Gasteiger partial charge in [-0.05, 0) is 74.3 Å². The molecular formula is C30H29F3N6O. The molecule has 0 atom stereocenters. The minimum Gasteiger partial charge on any atom is -0.322 e. The van der Waals surface area contributed by atoms with Crippen LogP contribution in [0.3, 0.4) is 0 Å². The fourth-order valence-electron chi connectivity index (χ4n) is 4.67. The monoisotopic (exact) mass is 546 g/mol. The van der Waals surface area contributed by atoms with Crippen molar-refractivity contribution in [2.75, 3.05) is 38.5 Å². The number of hydrogen-bond donors (Lipinski definition) is 1. The summed E-state index contributed by atoms with van der Waals surface area (Å²) in [4.78, 5) is 21.7. The van der Waals surface area contributed by atoms with Gasteiger partial charge in [0.1, 0.15) is 5.69 Å². The van der Waals surface area contributed by atoms with Crippen LogP contribution in [0.4, 0.5) is 18.9 Å². The SMILES string of the molecule is Cc1ccc(C(=O)Nc2ccc(CN3CCN(C)CC3)c(C(F)(F)F)c2)cc1C#Cc1c(C)nc2cccnn12. The van der Waals surface area contributed by atoms with Crippen molar-refractivity contribution in [1.82, 2.24) is 24.4 Å². The van der Waals surface area contributed by atoms with E-state index in [-0.39, 0.29) is 23.4 Å². The van der Waals surface area contributed by atoms with Crippen molar-refractivity contribution in [3.05, 3.63) is 93.9 Å². The average molecular weight is 547 g/mol. The number of hydrogen-bond acceptors (Lipinski definition) is 5. The molecule has 7 nitrogen and oxygen atoms in total. The Morgan fingerprint density at radius 2 is 1.80 bits per heavy atom. The predicted octanol–water partition coefficient (Wildman–Crippen LogP) is 4.76. The molecule has 2 aromatic carbocycles. The number of benzene rings is 2. The summed E-state index contributed by atoms with van der Waals surface area (Å²) in [7, 11) is 2.00. The molecule has 1 aliphatic heterocycles. The van der Waals surface area contributed by atoms with Crippen LogP contribution in [0.15, 0.2) is 54.7 Å².